The Morgan fingerprint density at radius 1 is 1.10 bits per heavy atom. The van der Waals surface area contributed by atoms with E-state index in [4.69, 9.17) is 0 Å². The first-order chi connectivity index (χ1) is 9.54. The molecule has 0 spiro atoms. The summed E-state index contributed by atoms with van der Waals surface area (Å²) in [6.07, 6.45) is -4.45. The molecular weight excluding hydrogens is 351 g/mol. The van der Waals surface area contributed by atoms with Crippen LogP contribution in [-0.4, -0.2) is 11.7 Å². The number of hydrogen-bond donors (Lipinski definition) is 1. The summed E-state index contributed by atoms with van der Waals surface area (Å²) in [6.45, 7) is 4.32. The van der Waals surface area contributed by atoms with Gasteiger partial charge in [-0.25, -0.2) is 0 Å². The third kappa shape index (κ3) is 4.42. The van der Waals surface area contributed by atoms with Crippen LogP contribution >= 0.6 is 15.9 Å². The van der Waals surface area contributed by atoms with E-state index in [-0.39, 0.29) is 21.5 Å². The molecule has 114 valence electrons. The van der Waals surface area contributed by atoms with Crippen molar-refractivity contribution in [3.63, 3.8) is 0 Å². The summed E-state index contributed by atoms with van der Waals surface area (Å²) in [4.78, 5) is 23.1. The zero-order chi connectivity index (χ0) is 16.4. The first-order valence-electron chi connectivity index (χ1n) is 5.90. The number of alkyl halides is 3. The van der Waals surface area contributed by atoms with E-state index < -0.39 is 17.6 Å². The fraction of sp³-hybridized carbons (Fsp3) is 0.286. The van der Waals surface area contributed by atoms with Gasteiger partial charge in [0, 0.05) is 15.6 Å². The molecule has 0 bridgehead atoms. The Morgan fingerprint density at radius 3 is 2.10 bits per heavy atom. The summed E-state index contributed by atoms with van der Waals surface area (Å²) in [5, 5.41) is 2.46. The maximum Gasteiger partial charge on any atom is 0.416 e. The number of nitrogens with one attached hydrogen (secondary N) is 1. The fourth-order valence-electron chi connectivity index (χ4n) is 1.44. The highest BCUT2D eigenvalue weighted by Gasteiger charge is 2.30. The van der Waals surface area contributed by atoms with Crippen molar-refractivity contribution in [3.8, 4) is 0 Å². The molecule has 1 aromatic rings. The molecule has 1 N–H and O–H groups in total. The molecule has 0 atom stereocenters. The van der Waals surface area contributed by atoms with E-state index in [0.717, 1.165) is 18.2 Å². The predicted octanol–water partition coefficient (Wildman–Crippen LogP) is 4.33. The molecule has 0 fully saturated rings. The van der Waals surface area contributed by atoms with Gasteiger partial charge in [0.05, 0.1) is 11.3 Å². The highest BCUT2D eigenvalue weighted by atomic mass is 79.9. The first kappa shape index (κ1) is 17.4. The van der Waals surface area contributed by atoms with Crippen molar-refractivity contribution in [2.24, 2.45) is 0 Å². The van der Waals surface area contributed by atoms with E-state index in [0.29, 0.717) is 5.57 Å². The summed E-state index contributed by atoms with van der Waals surface area (Å²) in [7, 11) is 0. The van der Waals surface area contributed by atoms with Crippen LogP contribution in [0.2, 0.25) is 0 Å². The Morgan fingerprint density at radius 2 is 1.67 bits per heavy atom. The van der Waals surface area contributed by atoms with Crippen molar-refractivity contribution >= 4 is 33.3 Å². The first-order valence-corrected chi connectivity index (χ1v) is 6.70. The number of carbonyl (C=O) groups excluding carboxylic acids is 2. The third-order valence-corrected chi connectivity index (χ3v) is 3.63. The van der Waals surface area contributed by atoms with Gasteiger partial charge >= 0.3 is 6.18 Å². The number of hydrogen-bond acceptors (Lipinski definition) is 2. The number of ketones is 1. The number of amides is 1. The number of halogens is 4. The van der Waals surface area contributed by atoms with Crippen molar-refractivity contribution in [1.29, 1.82) is 0 Å². The van der Waals surface area contributed by atoms with E-state index in [9.17, 15) is 22.8 Å². The quantitative estimate of drug-likeness (QED) is 0.812. The van der Waals surface area contributed by atoms with Crippen LogP contribution in [-0.2, 0) is 15.8 Å². The Bertz CT molecular complexity index is 621. The van der Waals surface area contributed by atoms with Crippen LogP contribution in [0.15, 0.2) is 33.8 Å². The summed E-state index contributed by atoms with van der Waals surface area (Å²) < 4.78 is 37.7. The number of anilines is 1. The largest absolute Gasteiger partial charge is 0.416 e. The minimum atomic E-state index is -4.45. The van der Waals surface area contributed by atoms with Crippen LogP contribution in [0.25, 0.3) is 0 Å². The molecule has 0 radical (unpaired) electrons. The molecule has 1 aromatic carbocycles. The second-order valence-electron chi connectivity index (χ2n) is 4.45. The molecule has 1 amide bonds. The van der Waals surface area contributed by atoms with Crippen LogP contribution in [0.4, 0.5) is 18.9 Å². The summed E-state index contributed by atoms with van der Waals surface area (Å²) >= 11 is 2.99. The van der Waals surface area contributed by atoms with E-state index in [1.165, 1.54) is 20.8 Å². The fourth-order valence-corrected chi connectivity index (χ4v) is 1.92. The number of allylic oxidation sites excluding steroid dienone is 1. The number of Topliss-reactive ketones (excluding diaryl/α,β-unsaturated/α-hetero) is 1. The smallest absolute Gasteiger partial charge is 0.321 e. The van der Waals surface area contributed by atoms with Gasteiger partial charge < -0.3 is 5.32 Å². The van der Waals surface area contributed by atoms with Gasteiger partial charge in [-0.15, -0.1) is 0 Å². The maximum absolute atomic E-state index is 12.5. The number of benzene rings is 1. The molecule has 0 saturated heterocycles. The zero-order valence-corrected chi connectivity index (χ0v) is 13.1. The Balaban J connectivity index is 3.03. The molecule has 0 heterocycles. The van der Waals surface area contributed by atoms with Crippen molar-refractivity contribution in [2.75, 3.05) is 5.32 Å². The van der Waals surface area contributed by atoms with Gasteiger partial charge in [0.15, 0.2) is 5.78 Å². The summed E-state index contributed by atoms with van der Waals surface area (Å²) in [5.41, 5.74) is -0.104. The lowest BCUT2D eigenvalue weighted by molar-refractivity contribution is -0.137. The molecule has 3 nitrogen and oxygen atoms in total. The molecule has 0 aromatic heterocycles. The van der Waals surface area contributed by atoms with Crippen molar-refractivity contribution in [3.05, 3.63) is 39.4 Å². The van der Waals surface area contributed by atoms with E-state index in [1.54, 1.807) is 0 Å². The lowest BCUT2D eigenvalue weighted by Crippen LogP contribution is -2.16. The summed E-state index contributed by atoms with van der Waals surface area (Å²) in [5.74, 6) is -0.780. The van der Waals surface area contributed by atoms with Gasteiger partial charge in [0.25, 0.3) is 5.91 Å². The summed E-state index contributed by atoms with van der Waals surface area (Å²) in [6, 6.07) is 2.91. The molecule has 0 aliphatic rings. The van der Waals surface area contributed by atoms with Gasteiger partial charge in [-0.2, -0.15) is 13.2 Å². The molecule has 0 unspecified atom stereocenters. The van der Waals surface area contributed by atoms with Gasteiger partial charge in [0.2, 0.25) is 0 Å². The number of carbonyl (C=O) groups is 2. The van der Waals surface area contributed by atoms with Crippen LogP contribution in [0.3, 0.4) is 0 Å². The van der Waals surface area contributed by atoms with Gasteiger partial charge in [0.1, 0.15) is 0 Å². The van der Waals surface area contributed by atoms with Crippen LogP contribution in [0.5, 0.6) is 0 Å². The Labute approximate surface area is 128 Å². The van der Waals surface area contributed by atoms with Crippen LogP contribution < -0.4 is 5.32 Å². The molecular formula is C14H13BrF3NO2. The van der Waals surface area contributed by atoms with Gasteiger partial charge in [-0.3, -0.25) is 9.59 Å². The molecule has 0 aliphatic carbocycles. The average molecular weight is 364 g/mol. The van der Waals surface area contributed by atoms with Gasteiger partial charge in [-0.1, -0.05) is 0 Å². The van der Waals surface area contributed by atoms with Crippen molar-refractivity contribution in [2.45, 2.75) is 26.9 Å². The normalized spacial score (nSPS) is 12.7. The average Bonchev–Trinajstić information content (AvgIpc) is 2.37. The molecule has 7 heteroatoms. The van der Waals surface area contributed by atoms with Crippen molar-refractivity contribution in [1.82, 2.24) is 0 Å². The van der Waals surface area contributed by atoms with Gasteiger partial charge in [-0.05, 0) is 54.9 Å². The molecule has 1 rings (SSSR count). The third-order valence-electron chi connectivity index (χ3n) is 2.98. The highest BCUT2D eigenvalue weighted by molar-refractivity contribution is 9.10. The molecule has 0 saturated carbocycles. The predicted molar refractivity (Wildman–Crippen MR) is 76.8 cm³/mol. The van der Waals surface area contributed by atoms with Crippen LogP contribution in [0, 0.1) is 0 Å². The molecule has 21 heavy (non-hydrogen) atoms. The second kappa shape index (κ2) is 6.43. The van der Waals surface area contributed by atoms with E-state index in [2.05, 4.69) is 21.2 Å². The van der Waals surface area contributed by atoms with Crippen LogP contribution in [0.1, 0.15) is 26.3 Å². The Kier molecular flexibility index (Phi) is 5.33. The minimum Gasteiger partial charge on any atom is -0.321 e. The van der Waals surface area contributed by atoms with Crippen molar-refractivity contribution < 1.29 is 22.8 Å². The van der Waals surface area contributed by atoms with E-state index in [1.807, 2.05) is 0 Å². The Hall–Kier alpha value is -1.63. The highest BCUT2D eigenvalue weighted by Crippen LogP contribution is 2.34. The zero-order valence-electron chi connectivity index (χ0n) is 11.6. The standard InChI is InChI=1S/C14H13BrF3NO2/c1-7(9(3)20)8(2)13(21)19-12-5-4-10(6-11(12)15)14(16,17)18/h4-6H,1-3H3,(H,19,21)/b8-7-. The minimum absolute atomic E-state index is 0.110. The lowest BCUT2D eigenvalue weighted by Gasteiger charge is -2.12. The second-order valence-corrected chi connectivity index (χ2v) is 5.31. The SMILES string of the molecule is CC(=O)/C(C)=C(/C)C(=O)Nc1ccc(C(F)(F)F)cc1Br. The monoisotopic (exact) mass is 363 g/mol. The lowest BCUT2D eigenvalue weighted by atomic mass is 10.1. The molecule has 0 aliphatic heterocycles. The maximum atomic E-state index is 12.5. The number of rotatable bonds is 3. The van der Waals surface area contributed by atoms with E-state index >= 15 is 0 Å². The topological polar surface area (TPSA) is 46.2 Å².